The van der Waals surface area contributed by atoms with E-state index < -0.39 is 0 Å². The Morgan fingerprint density at radius 2 is 2.24 bits per heavy atom. The number of aromatic nitrogens is 5. The number of guanidine groups is 1. The summed E-state index contributed by atoms with van der Waals surface area (Å²) in [6.45, 7) is 2.14. The van der Waals surface area contributed by atoms with Crippen molar-refractivity contribution in [2.45, 2.75) is 6.54 Å². The van der Waals surface area contributed by atoms with Crippen molar-refractivity contribution in [3.63, 3.8) is 0 Å². The van der Waals surface area contributed by atoms with Gasteiger partial charge in [0.25, 0.3) is 0 Å². The lowest BCUT2D eigenvalue weighted by atomic mass is 10.1. The molecule has 10 heteroatoms. The van der Waals surface area contributed by atoms with Gasteiger partial charge in [0.05, 0.1) is 11.9 Å². The van der Waals surface area contributed by atoms with Crippen molar-refractivity contribution in [3.05, 3.63) is 48.5 Å². The Morgan fingerprint density at radius 1 is 1.34 bits per heavy atom. The number of nitrogens with one attached hydrogen (secondary N) is 2. The third-order valence-electron chi connectivity index (χ3n) is 4.80. The molecule has 10 nitrogen and oxygen atoms in total. The van der Waals surface area contributed by atoms with Gasteiger partial charge < -0.3 is 15.1 Å². The van der Waals surface area contributed by atoms with E-state index in [0.717, 1.165) is 22.6 Å². The molecule has 1 saturated heterocycles. The van der Waals surface area contributed by atoms with Crippen LogP contribution in [0.2, 0.25) is 0 Å². The minimum absolute atomic E-state index is 0.0273. The first-order chi connectivity index (χ1) is 14.1. The van der Waals surface area contributed by atoms with Gasteiger partial charge >= 0.3 is 0 Å². The van der Waals surface area contributed by atoms with Gasteiger partial charge in [-0.15, -0.1) is 0 Å². The molecule has 29 heavy (non-hydrogen) atoms. The van der Waals surface area contributed by atoms with Crippen molar-refractivity contribution < 1.29 is 4.79 Å². The predicted molar refractivity (Wildman–Crippen MR) is 109 cm³/mol. The lowest BCUT2D eigenvalue weighted by Gasteiger charge is -2.35. The number of H-pyrrole nitrogens is 1. The zero-order valence-electron chi connectivity index (χ0n) is 16.4. The van der Waals surface area contributed by atoms with Gasteiger partial charge in [-0.05, 0) is 11.6 Å². The maximum Gasteiger partial charge on any atom is 0.246 e. The molecule has 1 amide bonds. The molecular weight excluding hydrogens is 370 g/mol. The molecule has 1 aliphatic heterocycles. The molecule has 0 unspecified atom stereocenters. The molecule has 0 aliphatic carbocycles. The molecule has 0 saturated carbocycles. The Hall–Kier alpha value is -3.69. The number of aryl methyl sites for hydroxylation is 1. The largest absolute Gasteiger partial charge is 0.352 e. The molecule has 0 atom stereocenters. The van der Waals surface area contributed by atoms with Crippen LogP contribution in [0.3, 0.4) is 0 Å². The summed E-state index contributed by atoms with van der Waals surface area (Å²) in [5.41, 5.74) is 2.88. The van der Waals surface area contributed by atoms with E-state index in [1.54, 1.807) is 22.8 Å². The normalized spacial score (nSPS) is 15.1. The molecule has 1 aromatic carbocycles. The quantitative estimate of drug-likeness (QED) is 0.497. The molecule has 3 heterocycles. The SMILES string of the molecule is CN=C(NCc1cccc(-c2ncn[nH]2)c1)N1CCN(c2cnn(C)c2)C(=O)C1. The minimum Gasteiger partial charge on any atom is -0.352 e. The topological polar surface area (TPSA) is 107 Å². The van der Waals surface area contributed by atoms with Crippen LogP contribution in [0.4, 0.5) is 5.69 Å². The first-order valence-corrected chi connectivity index (χ1v) is 9.33. The molecule has 0 bridgehead atoms. The monoisotopic (exact) mass is 393 g/mol. The number of carbonyl (C=O) groups is 1. The van der Waals surface area contributed by atoms with Gasteiger partial charge in [0.1, 0.15) is 12.9 Å². The van der Waals surface area contributed by atoms with E-state index in [0.29, 0.717) is 25.6 Å². The summed E-state index contributed by atoms with van der Waals surface area (Å²) in [5.74, 6) is 1.46. The standard InChI is InChI=1S/C19H23N9O/c1-20-19(21-9-14-4-3-5-15(8-14)18-22-13-23-25-18)27-6-7-28(17(29)12-27)16-10-24-26(2)11-16/h3-5,8,10-11,13H,6-7,9,12H2,1-2H3,(H,20,21)(H,22,23,25). The molecule has 150 valence electrons. The highest BCUT2D eigenvalue weighted by Gasteiger charge is 2.27. The Balaban J connectivity index is 1.38. The van der Waals surface area contributed by atoms with Crippen molar-refractivity contribution in [2.75, 3.05) is 31.6 Å². The zero-order valence-corrected chi connectivity index (χ0v) is 16.4. The molecule has 0 spiro atoms. The minimum atomic E-state index is 0.0273. The van der Waals surface area contributed by atoms with Crippen molar-refractivity contribution in [1.29, 1.82) is 0 Å². The molecule has 4 rings (SSSR count). The average molecular weight is 393 g/mol. The van der Waals surface area contributed by atoms with E-state index in [9.17, 15) is 4.79 Å². The molecule has 1 aliphatic rings. The highest BCUT2D eigenvalue weighted by Crippen LogP contribution is 2.17. The van der Waals surface area contributed by atoms with Crippen LogP contribution in [0.25, 0.3) is 11.4 Å². The van der Waals surface area contributed by atoms with Crippen LogP contribution in [-0.2, 0) is 18.4 Å². The summed E-state index contributed by atoms with van der Waals surface area (Å²) in [4.78, 5) is 24.9. The van der Waals surface area contributed by atoms with E-state index in [4.69, 9.17) is 0 Å². The van der Waals surface area contributed by atoms with Crippen molar-refractivity contribution in [2.24, 2.45) is 12.0 Å². The van der Waals surface area contributed by atoms with Gasteiger partial charge in [-0.2, -0.15) is 10.2 Å². The number of carbonyl (C=O) groups excluding carboxylic acids is 1. The van der Waals surface area contributed by atoms with E-state index in [1.807, 2.05) is 42.4 Å². The molecule has 2 N–H and O–H groups in total. The fraction of sp³-hybridized carbons (Fsp3) is 0.316. The van der Waals surface area contributed by atoms with Crippen LogP contribution in [0.5, 0.6) is 0 Å². The van der Waals surface area contributed by atoms with Crippen LogP contribution in [0.1, 0.15) is 5.56 Å². The Labute approximate surface area is 168 Å². The second-order valence-corrected chi connectivity index (χ2v) is 6.77. The van der Waals surface area contributed by atoms with Gasteiger partial charge in [-0.25, -0.2) is 4.98 Å². The number of piperazine rings is 1. The van der Waals surface area contributed by atoms with Gasteiger partial charge in [-0.1, -0.05) is 18.2 Å². The van der Waals surface area contributed by atoms with E-state index in [2.05, 4.69) is 30.6 Å². The van der Waals surface area contributed by atoms with Crippen molar-refractivity contribution in [1.82, 2.24) is 35.2 Å². The first-order valence-electron chi connectivity index (χ1n) is 9.33. The number of anilines is 1. The van der Waals surface area contributed by atoms with Crippen LogP contribution >= 0.6 is 0 Å². The molecular formula is C19H23N9O. The molecule has 2 aromatic heterocycles. The molecule has 3 aromatic rings. The zero-order chi connectivity index (χ0) is 20.2. The number of hydrogen-bond donors (Lipinski definition) is 2. The summed E-state index contributed by atoms with van der Waals surface area (Å²) < 4.78 is 1.70. The second kappa shape index (κ2) is 8.13. The van der Waals surface area contributed by atoms with Crippen molar-refractivity contribution >= 4 is 17.6 Å². The Kier molecular flexibility index (Phi) is 5.23. The number of hydrogen-bond acceptors (Lipinski definition) is 5. The number of nitrogens with zero attached hydrogens (tertiary/aromatic N) is 7. The second-order valence-electron chi connectivity index (χ2n) is 6.77. The molecule has 0 radical (unpaired) electrons. The van der Waals surface area contributed by atoms with Gasteiger partial charge in [0.15, 0.2) is 11.8 Å². The summed E-state index contributed by atoms with van der Waals surface area (Å²) in [5, 5.41) is 14.3. The number of aromatic amines is 1. The number of rotatable bonds is 4. The fourth-order valence-corrected chi connectivity index (χ4v) is 3.36. The summed E-state index contributed by atoms with van der Waals surface area (Å²) in [7, 11) is 3.57. The number of aliphatic imine (C=N–C) groups is 1. The lowest BCUT2D eigenvalue weighted by molar-refractivity contribution is -0.120. The smallest absolute Gasteiger partial charge is 0.246 e. The van der Waals surface area contributed by atoms with Crippen LogP contribution in [0.15, 0.2) is 48.0 Å². The van der Waals surface area contributed by atoms with Gasteiger partial charge in [0, 0.05) is 45.5 Å². The summed E-state index contributed by atoms with van der Waals surface area (Å²) in [6, 6.07) is 8.04. The van der Waals surface area contributed by atoms with Crippen LogP contribution in [-0.4, -0.2) is 68.4 Å². The van der Waals surface area contributed by atoms with Gasteiger partial charge in [0.2, 0.25) is 5.91 Å². The maximum absolute atomic E-state index is 12.6. The van der Waals surface area contributed by atoms with Crippen molar-refractivity contribution in [3.8, 4) is 11.4 Å². The summed E-state index contributed by atoms with van der Waals surface area (Å²) >= 11 is 0. The van der Waals surface area contributed by atoms with E-state index in [1.165, 1.54) is 6.33 Å². The van der Waals surface area contributed by atoms with Gasteiger partial charge in [-0.3, -0.25) is 19.6 Å². The predicted octanol–water partition coefficient (Wildman–Crippen LogP) is 0.629. The van der Waals surface area contributed by atoms with Crippen LogP contribution < -0.4 is 10.2 Å². The van der Waals surface area contributed by atoms with Crippen LogP contribution in [0, 0.1) is 0 Å². The third-order valence-corrected chi connectivity index (χ3v) is 4.80. The third kappa shape index (κ3) is 4.10. The van der Waals surface area contributed by atoms with E-state index >= 15 is 0 Å². The maximum atomic E-state index is 12.6. The lowest BCUT2D eigenvalue weighted by Crippen LogP contribution is -2.55. The first kappa shape index (κ1) is 18.7. The highest BCUT2D eigenvalue weighted by atomic mass is 16.2. The Morgan fingerprint density at radius 3 is 2.93 bits per heavy atom. The Bertz CT molecular complexity index is 1010. The number of amides is 1. The fourth-order valence-electron chi connectivity index (χ4n) is 3.36. The highest BCUT2D eigenvalue weighted by molar-refractivity contribution is 5.98. The van der Waals surface area contributed by atoms with E-state index in [-0.39, 0.29) is 12.5 Å². The number of benzene rings is 1. The molecule has 1 fully saturated rings. The summed E-state index contributed by atoms with van der Waals surface area (Å²) in [6.07, 6.45) is 5.05. The average Bonchev–Trinajstić information content (AvgIpc) is 3.41.